The molecule has 0 fully saturated rings. The van der Waals surface area contributed by atoms with Crippen molar-refractivity contribution in [3.05, 3.63) is 45.4 Å². The molecule has 0 bridgehead atoms. The van der Waals surface area contributed by atoms with Crippen LogP contribution in [0.15, 0.2) is 39.8 Å². The van der Waals surface area contributed by atoms with Gasteiger partial charge in [0, 0.05) is 14.5 Å². The van der Waals surface area contributed by atoms with Crippen LogP contribution >= 0.6 is 31.9 Å². The maximum atomic E-state index is 12.3. The second kappa shape index (κ2) is 10.6. The van der Waals surface area contributed by atoms with Crippen molar-refractivity contribution in [1.29, 1.82) is 0 Å². The summed E-state index contributed by atoms with van der Waals surface area (Å²) in [6.45, 7) is 3.69. The fourth-order valence-corrected chi connectivity index (χ4v) is 3.50. The lowest BCUT2D eigenvalue weighted by molar-refractivity contribution is -0.120. The lowest BCUT2D eigenvalue weighted by Gasteiger charge is -2.15. The van der Waals surface area contributed by atoms with Crippen LogP contribution in [0.25, 0.3) is 0 Å². The number of nitrogens with two attached hydrogens (primary N) is 1. The third kappa shape index (κ3) is 7.79. The minimum Gasteiger partial charge on any atom is -0.368 e. The maximum absolute atomic E-state index is 12.3. The van der Waals surface area contributed by atoms with E-state index in [1.54, 1.807) is 12.1 Å². The van der Waals surface area contributed by atoms with Gasteiger partial charge in [-0.15, -0.1) is 6.58 Å². The minimum atomic E-state index is -0.639. The third-order valence-electron chi connectivity index (χ3n) is 3.42. The number of nitrogens with one attached hydrogen (secondary N) is 1. The first-order chi connectivity index (χ1) is 10.9. The molecule has 0 aliphatic carbocycles. The Hall–Kier alpha value is -1.14. The Morgan fingerprint density at radius 1 is 1.13 bits per heavy atom. The average Bonchev–Trinajstić information content (AvgIpc) is 2.48. The highest BCUT2D eigenvalue weighted by Gasteiger charge is 2.19. The van der Waals surface area contributed by atoms with Crippen molar-refractivity contribution in [1.82, 2.24) is 5.32 Å². The van der Waals surface area contributed by atoms with E-state index in [-0.39, 0.29) is 5.91 Å². The van der Waals surface area contributed by atoms with Crippen LogP contribution in [-0.4, -0.2) is 17.9 Å². The molecule has 0 radical (unpaired) electrons. The number of benzene rings is 1. The minimum absolute atomic E-state index is 0.303. The lowest BCUT2D eigenvalue weighted by Crippen LogP contribution is -2.44. The maximum Gasteiger partial charge on any atom is 0.252 e. The molecule has 0 aliphatic heterocycles. The molecule has 4 nitrogen and oxygen atoms in total. The number of unbranched alkanes of at least 4 members (excludes halogenated alkanes) is 4. The summed E-state index contributed by atoms with van der Waals surface area (Å²) in [4.78, 5) is 23.8. The first-order valence-electron chi connectivity index (χ1n) is 7.61. The van der Waals surface area contributed by atoms with Gasteiger partial charge in [-0.05, 0) is 37.5 Å². The lowest BCUT2D eigenvalue weighted by atomic mass is 10.1. The average molecular weight is 446 g/mol. The molecule has 0 heterocycles. The van der Waals surface area contributed by atoms with Crippen LogP contribution in [0.2, 0.25) is 0 Å². The summed E-state index contributed by atoms with van der Waals surface area (Å²) in [5, 5.41) is 2.72. The van der Waals surface area contributed by atoms with Gasteiger partial charge in [-0.3, -0.25) is 9.59 Å². The van der Waals surface area contributed by atoms with E-state index in [0.717, 1.165) is 41.0 Å². The molecule has 1 rings (SSSR count). The summed E-state index contributed by atoms with van der Waals surface area (Å²) in [6, 6.07) is 4.60. The fraction of sp³-hybridized carbons (Fsp3) is 0.412. The molecular weight excluding hydrogens is 424 g/mol. The number of hydrogen-bond donors (Lipinski definition) is 2. The van der Waals surface area contributed by atoms with E-state index in [1.165, 1.54) is 0 Å². The molecule has 0 saturated carbocycles. The molecule has 0 aromatic heterocycles. The topological polar surface area (TPSA) is 72.2 Å². The Bertz CT molecular complexity index is 541. The van der Waals surface area contributed by atoms with Crippen LogP contribution < -0.4 is 11.1 Å². The molecule has 23 heavy (non-hydrogen) atoms. The molecule has 0 unspecified atom stereocenters. The molecule has 6 heteroatoms. The number of amides is 2. The normalized spacial score (nSPS) is 11.7. The van der Waals surface area contributed by atoms with Gasteiger partial charge in [-0.1, -0.05) is 57.2 Å². The number of rotatable bonds is 10. The molecule has 0 saturated heterocycles. The first-order valence-corrected chi connectivity index (χ1v) is 9.20. The van der Waals surface area contributed by atoms with E-state index in [1.807, 2.05) is 12.1 Å². The number of hydrogen-bond acceptors (Lipinski definition) is 2. The van der Waals surface area contributed by atoms with Crippen molar-refractivity contribution in [3.63, 3.8) is 0 Å². The van der Waals surface area contributed by atoms with Gasteiger partial charge in [0.2, 0.25) is 5.91 Å². The number of primary amides is 1. The van der Waals surface area contributed by atoms with Crippen LogP contribution in [0.1, 0.15) is 48.9 Å². The van der Waals surface area contributed by atoms with Crippen LogP contribution in [0.3, 0.4) is 0 Å². The summed E-state index contributed by atoms with van der Waals surface area (Å²) >= 11 is 6.68. The van der Waals surface area contributed by atoms with Crippen molar-refractivity contribution < 1.29 is 9.59 Å². The quantitative estimate of drug-likeness (QED) is 0.415. The van der Waals surface area contributed by atoms with E-state index >= 15 is 0 Å². The van der Waals surface area contributed by atoms with Crippen molar-refractivity contribution in [2.75, 3.05) is 0 Å². The second-order valence-electron chi connectivity index (χ2n) is 5.37. The van der Waals surface area contributed by atoms with Crippen LogP contribution in [0.4, 0.5) is 0 Å². The summed E-state index contributed by atoms with van der Waals surface area (Å²) in [6.07, 6.45) is 7.52. The SMILES string of the molecule is C=CCCCCCC[C@@H](NC(=O)c1cc(Br)cc(Br)c1)C(N)=O. The highest BCUT2D eigenvalue weighted by atomic mass is 79.9. The van der Waals surface area contributed by atoms with Gasteiger partial charge in [0.1, 0.15) is 6.04 Å². The molecule has 0 aliphatic rings. The molecule has 1 aromatic carbocycles. The van der Waals surface area contributed by atoms with E-state index in [2.05, 4.69) is 43.8 Å². The Kier molecular flexibility index (Phi) is 9.17. The second-order valence-corrected chi connectivity index (χ2v) is 7.20. The number of carbonyl (C=O) groups excluding carboxylic acids is 2. The summed E-state index contributed by atoms with van der Waals surface area (Å²) in [5.41, 5.74) is 5.88. The Balaban J connectivity index is 2.53. The molecule has 0 spiro atoms. The standard InChI is InChI=1S/C17H22Br2N2O2/c1-2-3-4-5-6-7-8-15(16(20)22)21-17(23)12-9-13(18)11-14(19)10-12/h2,9-11,15H,1,3-8H2,(H2,20,22)(H,21,23)/t15-/m1/s1. The molecule has 1 aromatic rings. The van der Waals surface area contributed by atoms with Crippen LogP contribution in [-0.2, 0) is 4.79 Å². The predicted octanol–water partition coefficient (Wildman–Crippen LogP) is 4.32. The molecule has 2 amide bonds. The Morgan fingerprint density at radius 3 is 2.30 bits per heavy atom. The zero-order valence-corrected chi connectivity index (χ0v) is 16.2. The van der Waals surface area contributed by atoms with Crippen LogP contribution in [0.5, 0.6) is 0 Å². The molecule has 3 N–H and O–H groups in total. The largest absolute Gasteiger partial charge is 0.368 e. The van der Waals surface area contributed by atoms with E-state index in [4.69, 9.17) is 5.73 Å². The van der Waals surface area contributed by atoms with Gasteiger partial charge in [0.25, 0.3) is 5.91 Å². The highest BCUT2D eigenvalue weighted by molar-refractivity contribution is 9.11. The highest BCUT2D eigenvalue weighted by Crippen LogP contribution is 2.20. The summed E-state index contributed by atoms with van der Waals surface area (Å²) < 4.78 is 1.57. The number of carbonyl (C=O) groups is 2. The number of halogens is 2. The van der Waals surface area contributed by atoms with Gasteiger partial charge in [-0.2, -0.15) is 0 Å². The van der Waals surface area contributed by atoms with Crippen LogP contribution in [0, 0.1) is 0 Å². The van der Waals surface area contributed by atoms with E-state index in [0.29, 0.717) is 12.0 Å². The molecular formula is C17H22Br2N2O2. The predicted molar refractivity (Wildman–Crippen MR) is 100 cm³/mol. The Labute approximate surface area is 154 Å². The van der Waals surface area contributed by atoms with Gasteiger partial charge >= 0.3 is 0 Å². The zero-order valence-electron chi connectivity index (χ0n) is 13.0. The van der Waals surface area contributed by atoms with Gasteiger partial charge in [-0.25, -0.2) is 0 Å². The smallest absolute Gasteiger partial charge is 0.252 e. The molecule has 126 valence electrons. The van der Waals surface area contributed by atoms with Crippen molar-refractivity contribution in [3.8, 4) is 0 Å². The fourth-order valence-electron chi connectivity index (χ4n) is 2.20. The monoisotopic (exact) mass is 444 g/mol. The zero-order chi connectivity index (χ0) is 17.2. The van der Waals surface area contributed by atoms with Crippen molar-refractivity contribution in [2.24, 2.45) is 5.73 Å². The summed E-state index contributed by atoms with van der Waals surface area (Å²) in [7, 11) is 0. The van der Waals surface area contributed by atoms with E-state index < -0.39 is 11.9 Å². The summed E-state index contributed by atoms with van der Waals surface area (Å²) in [5.74, 6) is -0.805. The third-order valence-corrected chi connectivity index (χ3v) is 4.34. The van der Waals surface area contributed by atoms with E-state index in [9.17, 15) is 9.59 Å². The Morgan fingerprint density at radius 2 is 1.74 bits per heavy atom. The first kappa shape index (κ1) is 19.9. The van der Waals surface area contributed by atoms with Gasteiger partial charge < -0.3 is 11.1 Å². The van der Waals surface area contributed by atoms with Crippen molar-refractivity contribution in [2.45, 2.75) is 44.6 Å². The molecule has 1 atom stereocenters. The van der Waals surface area contributed by atoms with Crippen molar-refractivity contribution >= 4 is 43.7 Å². The number of allylic oxidation sites excluding steroid dienone is 1. The van der Waals surface area contributed by atoms with Gasteiger partial charge in [0.05, 0.1) is 0 Å². The van der Waals surface area contributed by atoms with Gasteiger partial charge in [0.15, 0.2) is 0 Å².